The number of aromatic nitrogens is 1. The third-order valence-electron chi connectivity index (χ3n) is 3.85. The highest BCUT2D eigenvalue weighted by Crippen LogP contribution is 2.22. The summed E-state index contributed by atoms with van der Waals surface area (Å²) >= 11 is 1.58. The summed E-state index contributed by atoms with van der Waals surface area (Å²) in [5.74, 6) is 0.0268. The lowest BCUT2D eigenvalue weighted by molar-refractivity contribution is -0.145. The second kappa shape index (κ2) is 8.10. The molecule has 0 aliphatic heterocycles. The van der Waals surface area contributed by atoms with E-state index in [9.17, 15) is 9.59 Å². The van der Waals surface area contributed by atoms with Gasteiger partial charge in [0.2, 0.25) is 5.89 Å². The van der Waals surface area contributed by atoms with E-state index in [2.05, 4.69) is 4.98 Å². The summed E-state index contributed by atoms with van der Waals surface area (Å²) in [7, 11) is 0. The summed E-state index contributed by atoms with van der Waals surface area (Å²) < 4.78 is 10.6. The molecule has 0 aliphatic carbocycles. The summed E-state index contributed by atoms with van der Waals surface area (Å²) in [5.41, 5.74) is 2.09. The van der Waals surface area contributed by atoms with E-state index in [0.29, 0.717) is 17.1 Å². The van der Waals surface area contributed by atoms with Crippen molar-refractivity contribution in [3.63, 3.8) is 0 Å². The van der Waals surface area contributed by atoms with Crippen LogP contribution in [0, 0.1) is 13.8 Å². The second-order valence-electron chi connectivity index (χ2n) is 5.92. The zero-order valence-corrected chi connectivity index (χ0v) is 15.5. The average molecular weight is 369 g/mol. The van der Waals surface area contributed by atoms with Gasteiger partial charge in [-0.05, 0) is 32.0 Å². The molecule has 0 radical (unpaired) electrons. The van der Waals surface area contributed by atoms with E-state index < -0.39 is 5.97 Å². The van der Waals surface area contributed by atoms with Crippen LogP contribution in [0.4, 0.5) is 0 Å². The zero-order valence-electron chi connectivity index (χ0n) is 14.7. The van der Waals surface area contributed by atoms with E-state index in [1.54, 1.807) is 11.3 Å². The van der Waals surface area contributed by atoms with Crippen LogP contribution in [0.3, 0.4) is 0 Å². The first-order valence-electron chi connectivity index (χ1n) is 8.28. The molecule has 2 aromatic heterocycles. The first-order chi connectivity index (χ1) is 12.5. The number of ether oxygens (including phenoxy) is 1. The summed E-state index contributed by atoms with van der Waals surface area (Å²) in [4.78, 5) is 30.5. The number of benzene rings is 1. The predicted octanol–water partition coefficient (Wildman–Crippen LogP) is 4.73. The van der Waals surface area contributed by atoms with Crippen LogP contribution in [0.15, 0.2) is 47.1 Å². The molecule has 0 N–H and O–H groups in total. The monoisotopic (exact) mass is 369 g/mol. The fraction of sp³-hybridized carbons (Fsp3) is 0.250. The van der Waals surface area contributed by atoms with Gasteiger partial charge in [-0.15, -0.1) is 11.3 Å². The number of oxazole rings is 1. The standard InChI is InChI=1S/C20H19NO4S/c1-13-10-17(14(2)26-13)18(22)8-9-19(23)24-11-16-12-25-20(21-16)15-6-4-3-5-7-15/h3-7,10,12H,8-9,11H2,1-2H3. The largest absolute Gasteiger partial charge is 0.459 e. The third kappa shape index (κ3) is 4.46. The Kier molecular flexibility index (Phi) is 5.63. The van der Waals surface area contributed by atoms with Crippen LogP contribution in [0.25, 0.3) is 11.5 Å². The van der Waals surface area contributed by atoms with Gasteiger partial charge in [0, 0.05) is 27.3 Å². The minimum Gasteiger partial charge on any atom is -0.459 e. The summed E-state index contributed by atoms with van der Waals surface area (Å²) in [6.07, 6.45) is 1.67. The smallest absolute Gasteiger partial charge is 0.306 e. The molecule has 0 saturated heterocycles. The van der Waals surface area contributed by atoms with Gasteiger partial charge >= 0.3 is 5.97 Å². The van der Waals surface area contributed by atoms with Crippen LogP contribution >= 0.6 is 11.3 Å². The molecule has 0 amide bonds. The zero-order chi connectivity index (χ0) is 18.5. The molecule has 0 aliphatic rings. The van der Waals surface area contributed by atoms with Crippen molar-refractivity contribution in [2.24, 2.45) is 0 Å². The van der Waals surface area contributed by atoms with Crippen molar-refractivity contribution in [3.8, 4) is 11.5 Å². The Hall–Kier alpha value is -2.73. The van der Waals surface area contributed by atoms with E-state index >= 15 is 0 Å². The molecule has 0 fully saturated rings. The molecule has 0 saturated carbocycles. The lowest BCUT2D eigenvalue weighted by atomic mass is 10.1. The number of esters is 1. The lowest BCUT2D eigenvalue weighted by Gasteiger charge is -2.02. The van der Waals surface area contributed by atoms with Crippen molar-refractivity contribution in [2.75, 3.05) is 0 Å². The Morgan fingerprint density at radius 3 is 2.62 bits per heavy atom. The second-order valence-corrected chi connectivity index (χ2v) is 7.38. The number of thiophene rings is 1. The van der Waals surface area contributed by atoms with Gasteiger partial charge < -0.3 is 9.15 Å². The number of Topliss-reactive ketones (excluding diaryl/α,β-unsaturated/α-hetero) is 1. The molecule has 6 heteroatoms. The van der Waals surface area contributed by atoms with Crippen LogP contribution in [0.5, 0.6) is 0 Å². The van der Waals surface area contributed by atoms with E-state index in [4.69, 9.17) is 9.15 Å². The Balaban J connectivity index is 1.48. The summed E-state index contributed by atoms with van der Waals surface area (Å²) in [6, 6.07) is 11.4. The Morgan fingerprint density at radius 2 is 1.92 bits per heavy atom. The molecule has 0 bridgehead atoms. The van der Waals surface area contributed by atoms with E-state index in [0.717, 1.165) is 15.3 Å². The number of aryl methyl sites for hydroxylation is 2. The fourth-order valence-corrected chi connectivity index (χ4v) is 3.51. The molecule has 5 nitrogen and oxygen atoms in total. The molecular weight excluding hydrogens is 350 g/mol. The molecule has 1 aromatic carbocycles. The Labute approximate surface area is 155 Å². The van der Waals surface area contributed by atoms with Crippen LogP contribution in [-0.2, 0) is 16.1 Å². The number of hydrogen-bond donors (Lipinski definition) is 0. The van der Waals surface area contributed by atoms with E-state index in [-0.39, 0.29) is 25.2 Å². The van der Waals surface area contributed by atoms with Crippen molar-refractivity contribution in [1.29, 1.82) is 0 Å². The SMILES string of the molecule is Cc1cc(C(=O)CCC(=O)OCc2coc(-c3ccccc3)n2)c(C)s1. The summed E-state index contributed by atoms with van der Waals surface area (Å²) in [5, 5.41) is 0. The maximum atomic E-state index is 12.2. The van der Waals surface area contributed by atoms with Crippen molar-refractivity contribution in [3.05, 3.63) is 63.7 Å². The number of rotatable bonds is 7. The molecular formula is C20H19NO4S. The minimum absolute atomic E-state index is 0.0277. The Morgan fingerprint density at radius 1 is 1.15 bits per heavy atom. The summed E-state index contributed by atoms with van der Waals surface area (Å²) in [6.45, 7) is 3.91. The highest BCUT2D eigenvalue weighted by Gasteiger charge is 2.15. The molecule has 134 valence electrons. The molecule has 3 aromatic rings. The van der Waals surface area contributed by atoms with Crippen LogP contribution in [0.2, 0.25) is 0 Å². The molecule has 0 spiro atoms. The van der Waals surface area contributed by atoms with Crippen molar-refractivity contribution < 1.29 is 18.7 Å². The number of hydrogen-bond acceptors (Lipinski definition) is 6. The minimum atomic E-state index is -0.424. The van der Waals surface area contributed by atoms with Crippen molar-refractivity contribution in [2.45, 2.75) is 33.3 Å². The van der Waals surface area contributed by atoms with Gasteiger partial charge in [-0.3, -0.25) is 9.59 Å². The molecule has 0 atom stereocenters. The molecule has 26 heavy (non-hydrogen) atoms. The van der Waals surface area contributed by atoms with Crippen LogP contribution in [0.1, 0.15) is 38.6 Å². The van der Waals surface area contributed by atoms with Gasteiger partial charge in [-0.25, -0.2) is 4.98 Å². The van der Waals surface area contributed by atoms with Gasteiger partial charge in [0.15, 0.2) is 5.78 Å². The van der Waals surface area contributed by atoms with Crippen molar-refractivity contribution in [1.82, 2.24) is 4.98 Å². The average Bonchev–Trinajstić information content (AvgIpc) is 3.25. The predicted molar refractivity (Wildman–Crippen MR) is 99.1 cm³/mol. The van der Waals surface area contributed by atoms with Gasteiger partial charge in [0.1, 0.15) is 18.6 Å². The Bertz CT molecular complexity index is 911. The van der Waals surface area contributed by atoms with Crippen LogP contribution in [-0.4, -0.2) is 16.7 Å². The first-order valence-corrected chi connectivity index (χ1v) is 9.10. The molecule has 2 heterocycles. The number of carbonyl (C=O) groups excluding carboxylic acids is 2. The van der Waals surface area contributed by atoms with Gasteiger partial charge in [0.05, 0.1) is 6.42 Å². The van der Waals surface area contributed by atoms with Gasteiger partial charge in [-0.1, -0.05) is 18.2 Å². The lowest BCUT2D eigenvalue weighted by Crippen LogP contribution is -2.08. The number of carbonyl (C=O) groups is 2. The first kappa shape index (κ1) is 18.1. The quantitative estimate of drug-likeness (QED) is 0.445. The fourth-order valence-electron chi connectivity index (χ4n) is 2.57. The van der Waals surface area contributed by atoms with Crippen molar-refractivity contribution >= 4 is 23.1 Å². The van der Waals surface area contributed by atoms with Gasteiger partial charge in [-0.2, -0.15) is 0 Å². The maximum Gasteiger partial charge on any atom is 0.306 e. The highest BCUT2D eigenvalue weighted by atomic mass is 32.1. The van der Waals surface area contributed by atoms with E-state index in [1.165, 1.54) is 6.26 Å². The third-order valence-corrected chi connectivity index (χ3v) is 4.82. The molecule has 0 unspecified atom stereocenters. The van der Waals surface area contributed by atoms with Gasteiger partial charge in [0.25, 0.3) is 0 Å². The normalized spacial score (nSPS) is 10.7. The maximum absolute atomic E-state index is 12.2. The molecule has 3 rings (SSSR count). The highest BCUT2D eigenvalue weighted by molar-refractivity contribution is 7.12. The van der Waals surface area contributed by atoms with Crippen LogP contribution < -0.4 is 0 Å². The van der Waals surface area contributed by atoms with E-state index in [1.807, 2.05) is 50.2 Å². The number of nitrogens with zero attached hydrogens (tertiary/aromatic N) is 1. The number of ketones is 1. The topological polar surface area (TPSA) is 69.4 Å².